The average molecular weight is 357 g/mol. The number of amides is 1. The number of methoxy groups -OCH3 is 1. The molecule has 0 heterocycles. The maximum Gasteiger partial charge on any atom is 0.339 e. The van der Waals surface area contributed by atoms with Gasteiger partial charge in [0.2, 0.25) is 6.10 Å². The van der Waals surface area contributed by atoms with E-state index in [-0.39, 0.29) is 11.5 Å². The third-order valence-corrected chi connectivity index (χ3v) is 3.69. The Labute approximate surface area is 153 Å². The normalized spacial score (nSPS) is 11.4. The number of carbonyl (C=O) groups excluding carboxylic acids is 2. The molecule has 0 N–H and O–H groups in total. The van der Waals surface area contributed by atoms with Crippen molar-refractivity contribution in [2.75, 3.05) is 27.8 Å². The van der Waals surface area contributed by atoms with Gasteiger partial charge in [0.15, 0.2) is 11.5 Å². The van der Waals surface area contributed by atoms with Crippen LogP contribution in [0.4, 0.5) is 0 Å². The summed E-state index contributed by atoms with van der Waals surface area (Å²) in [6.45, 7) is 2.27. The molecule has 0 radical (unpaired) electrons. The van der Waals surface area contributed by atoms with Crippen LogP contribution < -0.4 is 9.47 Å². The molecule has 0 bridgehead atoms. The van der Waals surface area contributed by atoms with Crippen molar-refractivity contribution < 1.29 is 23.8 Å². The van der Waals surface area contributed by atoms with Crippen LogP contribution in [0.1, 0.15) is 28.9 Å². The van der Waals surface area contributed by atoms with Gasteiger partial charge in [0.25, 0.3) is 5.91 Å². The summed E-state index contributed by atoms with van der Waals surface area (Å²) < 4.78 is 16.2. The number of carbonyl (C=O) groups is 2. The molecule has 6 nitrogen and oxygen atoms in total. The Kier molecular flexibility index (Phi) is 6.60. The van der Waals surface area contributed by atoms with Gasteiger partial charge in [-0.25, -0.2) is 4.79 Å². The fourth-order valence-electron chi connectivity index (χ4n) is 2.37. The number of likely N-dealkylation sites (N-methyl/N-ethyl adjacent to an activating group) is 1. The lowest BCUT2D eigenvalue weighted by molar-refractivity contribution is -0.138. The predicted octanol–water partition coefficient (Wildman–Crippen LogP) is 3.08. The van der Waals surface area contributed by atoms with E-state index in [4.69, 9.17) is 14.2 Å². The molecule has 138 valence electrons. The molecule has 1 atom stereocenters. The molecule has 2 rings (SSSR count). The Morgan fingerprint density at radius 2 is 1.73 bits per heavy atom. The molecule has 0 spiro atoms. The average Bonchev–Trinajstić information content (AvgIpc) is 2.66. The van der Waals surface area contributed by atoms with E-state index in [1.807, 2.05) is 13.0 Å². The second-order valence-electron chi connectivity index (χ2n) is 5.73. The molecule has 0 saturated heterocycles. The Balaban J connectivity index is 2.29. The highest BCUT2D eigenvalue weighted by Crippen LogP contribution is 2.29. The first-order valence-corrected chi connectivity index (χ1v) is 8.25. The van der Waals surface area contributed by atoms with Crippen LogP contribution in [0.5, 0.6) is 11.5 Å². The van der Waals surface area contributed by atoms with Crippen LogP contribution >= 0.6 is 0 Å². The van der Waals surface area contributed by atoms with Crippen molar-refractivity contribution in [2.45, 2.75) is 13.0 Å². The quantitative estimate of drug-likeness (QED) is 0.713. The minimum atomic E-state index is -1.02. The molecule has 1 amide bonds. The van der Waals surface area contributed by atoms with Crippen LogP contribution in [0.3, 0.4) is 0 Å². The fourth-order valence-corrected chi connectivity index (χ4v) is 2.37. The molecular weight excluding hydrogens is 334 g/mol. The summed E-state index contributed by atoms with van der Waals surface area (Å²) in [6.07, 6.45) is -1.02. The van der Waals surface area contributed by atoms with Crippen LogP contribution in [-0.2, 0) is 9.53 Å². The first-order valence-electron chi connectivity index (χ1n) is 8.25. The van der Waals surface area contributed by atoms with Crippen LogP contribution in [-0.4, -0.2) is 44.6 Å². The Morgan fingerprint density at radius 3 is 2.31 bits per heavy atom. The summed E-state index contributed by atoms with van der Waals surface area (Å²) in [5.74, 6) is 0.0350. The second-order valence-corrected chi connectivity index (χ2v) is 5.73. The van der Waals surface area contributed by atoms with E-state index in [0.717, 1.165) is 0 Å². The van der Waals surface area contributed by atoms with Gasteiger partial charge in [-0.3, -0.25) is 4.79 Å². The fraction of sp³-hybridized carbons (Fsp3) is 0.300. The zero-order valence-corrected chi connectivity index (χ0v) is 15.4. The highest BCUT2D eigenvalue weighted by atomic mass is 16.5. The summed E-state index contributed by atoms with van der Waals surface area (Å²) in [6, 6.07) is 13.7. The number of hydrogen-bond acceptors (Lipinski definition) is 5. The van der Waals surface area contributed by atoms with Gasteiger partial charge in [0, 0.05) is 19.7 Å². The van der Waals surface area contributed by atoms with Crippen molar-refractivity contribution in [1.82, 2.24) is 4.90 Å². The SMILES string of the molecule is CCOc1cc(C(=O)O[C@@H](C(=O)N(C)C)c2ccccc2)ccc1OC. The van der Waals surface area contributed by atoms with Gasteiger partial charge >= 0.3 is 5.97 Å². The molecule has 0 saturated carbocycles. The van der Waals surface area contributed by atoms with E-state index in [0.29, 0.717) is 23.7 Å². The molecule has 2 aromatic rings. The molecule has 26 heavy (non-hydrogen) atoms. The molecule has 0 fully saturated rings. The third kappa shape index (κ3) is 4.53. The van der Waals surface area contributed by atoms with Gasteiger partial charge in [-0.2, -0.15) is 0 Å². The van der Waals surface area contributed by atoms with Crippen molar-refractivity contribution in [2.24, 2.45) is 0 Å². The number of nitrogens with zero attached hydrogens (tertiary/aromatic N) is 1. The Bertz CT molecular complexity index is 758. The molecule has 6 heteroatoms. The van der Waals surface area contributed by atoms with E-state index < -0.39 is 12.1 Å². The van der Waals surface area contributed by atoms with E-state index in [2.05, 4.69) is 0 Å². The zero-order valence-electron chi connectivity index (χ0n) is 15.4. The van der Waals surface area contributed by atoms with Crippen molar-refractivity contribution >= 4 is 11.9 Å². The van der Waals surface area contributed by atoms with Gasteiger partial charge in [-0.05, 0) is 25.1 Å². The Morgan fingerprint density at radius 1 is 1.04 bits per heavy atom. The number of benzene rings is 2. The highest BCUT2D eigenvalue weighted by molar-refractivity contribution is 5.93. The highest BCUT2D eigenvalue weighted by Gasteiger charge is 2.27. The Hall–Kier alpha value is -3.02. The van der Waals surface area contributed by atoms with Crippen molar-refractivity contribution in [3.05, 3.63) is 59.7 Å². The minimum Gasteiger partial charge on any atom is -0.493 e. The van der Waals surface area contributed by atoms with Gasteiger partial charge < -0.3 is 19.1 Å². The molecular formula is C20H23NO5. The van der Waals surface area contributed by atoms with E-state index >= 15 is 0 Å². The summed E-state index contributed by atoms with van der Waals surface area (Å²) in [5.41, 5.74) is 0.889. The monoisotopic (exact) mass is 357 g/mol. The first-order chi connectivity index (χ1) is 12.5. The largest absolute Gasteiger partial charge is 0.493 e. The number of esters is 1. The van der Waals surface area contributed by atoms with Gasteiger partial charge in [-0.15, -0.1) is 0 Å². The summed E-state index contributed by atoms with van der Waals surface area (Å²) in [7, 11) is 4.76. The van der Waals surface area contributed by atoms with Crippen molar-refractivity contribution in [3.63, 3.8) is 0 Å². The molecule has 0 aliphatic carbocycles. The van der Waals surface area contributed by atoms with E-state index in [1.54, 1.807) is 56.6 Å². The predicted molar refractivity (Wildman–Crippen MR) is 97.5 cm³/mol. The van der Waals surface area contributed by atoms with E-state index in [9.17, 15) is 9.59 Å². The standard InChI is InChI=1S/C20H23NO5/c1-5-25-17-13-15(11-12-16(17)24-4)20(23)26-18(19(22)21(2)3)14-9-7-6-8-10-14/h6-13,18H,5H2,1-4H3/t18-/m1/s1. The lowest BCUT2D eigenvalue weighted by Crippen LogP contribution is -2.31. The first kappa shape index (κ1) is 19.3. The number of hydrogen-bond donors (Lipinski definition) is 0. The lowest BCUT2D eigenvalue weighted by Gasteiger charge is -2.21. The van der Waals surface area contributed by atoms with Crippen LogP contribution in [0, 0.1) is 0 Å². The number of rotatable bonds is 7. The van der Waals surface area contributed by atoms with Crippen LogP contribution in [0.25, 0.3) is 0 Å². The van der Waals surface area contributed by atoms with Crippen LogP contribution in [0.15, 0.2) is 48.5 Å². The number of ether oxygens (including phenoxy) is 3. The lowest BCUT2D eigenvalue weighted by atomic mass is 10.1. The molecule has 0 aliphatic heterocycles. The molecule has 2 aromatic carbocycles. The summed E-state index contributed by atoms with van der Waals surface area (Å²) in [5, 5.41) is 0. The van der Waals surface area contributed by atoms with Crippen LogP contribution in [0.2, 0.25) is 0 Å². The summed E-state index contributed by atoms with van der Waals surface area (Å²) in [4.78, 5) is 26.5. The molecule has 0 aliphatic rings. The smallest absolute Gasteiger partial charge is 0.339 e. The van der Waals surface area contributed by atoms with Crippen molar-refractivity contribution in [3.8, 4) is 11.5 Å². The maximum absolute atomic E-state index is 12.6. The molecule has 0 aromatic heterocycles. The van der Waals surface area contributed by atoms with E-state index in [1.165, 1.54) is 12.0 Å². The van der Waals surface area contributed by atoms with Crippen molar-refractivity contribution in [1.29, 1.82) is 0 Å². The summed E-state index contributed by atoms with van der Waals surface area (Å²) >= 11 is 0. The van der Waals surface area contributed by atoms with Gasteiger partial charge in [0.1, 0.15) is 0 Å². The topological polar surface area (TPSA) is 65.1 Å². The zero-order chi connectivity index (χ0) is 19.1. The third-order valence-electron chi connectivity index (χ3n) is 3.69. The molecule has 0 unspecified atom stereocenters. The van der Waals surface area contributed by atoms with Gasteiger partial charge in [-0.1, -0.05) is 30.3 Å². The second kappa shape index (κ2) is 8.89. The van der Waals surface area contributed by atoms with Gasteiger partial charge in [0.05, 0.1) is 19.3 Å². The minimum absolute atomic E-state index is 0.279. The maximum atomic E-state index is 12.6.